The Kier molecular flexibility index (Phi) is 3.97. The second kappa shape index (κ2) is 5.24. The number of carbonyl (C=O) groups excluding carboxylic acids is 1. The molecule has 0 bridgehead atoms. The van der Waals surface area contributed by atoms with Crippen molar-refractivity contribution in [1.82, 2.24) is 5.32 Å². The highest BCUT2D eigenvalue weighted by Gasteiger charge is 2.04. The number of hydrogen-bond donors (Lipinski definition) is 1. The average Bonchev–Trinajstić information content (AvgIpc) is 2.25. The number of nitrogens with one attached hydrogen (secondary N) is 1. The first kappa shape index (κ1) is 11.4. The fraction of sp³-hybridized carbons (Fsp3) is 0.364. The van der Waals surface area contributed by atoms with Crippen molar-refractivity contribution in [3.8, 4) is 11.5 Å². The summed E-state index contributed by atoms with van der Waals surface area (Å²) in [5.74, 6) is 1.38. The first-order chi connectivity index (χ1) is 7.17. The normalized spacial score (nSPS) is 9.53. The second-order valence-electron chi connectivity index (χ2n) is 3.09. The van der Waals surface area contributed by atoms with Crippen molar-refractivity contribution in [2.45, 2.75) is 13.5 Å². The van der Waals surface area contributed by atoms with E-state index in [0.717, 1.165) is 11.3 Å². The molecule has 82 valence electrons. The molecule has 1 N–H and O–H groups in total. The quantitative estimate of drug-likeness (QED) is 0.814. The minimum absolute atomic E-state index is 0.0622. The van der Waals surface area contributed by atoms with E-state index in [-0.39, 0.29) is 5.91 Å². The molecule has 0 radical (unpaired) electrons. The molecule has 0 unspecified atom stereocenters. The van der Waals surface area contributed by atoms with Gasteiger partial charge in [-0.05, 0) is 12.1 Å². The molecule has 0 atom stereocenters. The van der Waals surface area contributed by atoms with Gasteiger partial charge in [-0.3, -0.25) is 4.79 Å². The van der Waals surface area contributed by atoms with Crippen molar-refractivity contribution in [3.05, 3.63) is 23.8 Å². The Hall–Kier alpha value is -1.71. The van der Waals surface area contributed by atoms with E-state index in [1.54, 1.807) is 20.3 Å². The zero-order chi connectivity index (χ0) is 11.3. The molecule has 1 rings (SSSR count). The van der Waals surface area contributed by atoms with Crippen LogP contribution in [0.4, 0.5) is 0 Å². The summed E-state index contributed by atoms with van der Waals surface area (Å²) < 4.78 is 10.3. The van der Waals surface area contributed by atoms with Gasteiger partial charge in [-0.2, -0.15) is 0 Å². The number of hydrogen-bond acceptors (Lipinski definition) is 3. The van der Waals surface area contributed by atoms with E-state index in [9.17, 15) is 4.79 Å². The summed E-state index contributed by atoms with van der Waals surface area (Å²) in [6, 6.07) is 5.49. The van der Waals surface area contributed by atoms with E-state index in [0.29, 0.717) is 12.3 Å². The van der Waals surface area contributed by atoms with Gasteiger partial charge in [0.15, 0.2) is 0 Å². The van der Waals surface area contributed by atoms with Crippen LogP contribution in [-0.4, -0.2) is 20.1 Å². The molecule has 0 aromatic heterocycles. The zero-order valence-electron chi connectivity index (χ0n) is 9.16. The Morgan fingerprint density at radius 3 is 2.60 bits per heavy atom. The van der Waals surface area contributed by atoms with Crippen LogP contribution in [0.2, 0.25) is 0 Å². The number of ether oxygens (including phenoxy) is 2. The SMILES string of the molecule is COc1ccc(CNC(C)=O)c(OC)c1. The fourth-order valence-electron chi connectivity index (χ4n) is 1.22. The van der Waals surface area contributed by atoms with Crippen molar-refractivity contribution < 1.29 is 14.3 Å². The molecule has 15 heavy (non-hydrogen) atoms. The largest absolute Gasteiger partial charge is 0.497 e. The minimum Gasteiger partial charge on any atom is -0.497 e. The molecule has 0 heterocycles. The highest BCUT2D eigenvalue weighted by Crippen LogP contribution is 2.24. The lowest BCUT2D eigenvalue weighted by molar-refractivity contribution is -0.119. The van der Waals surface area contributed by atoms with E-state index in [1.165, 1.54) is 6.92 Å². The lowest BCUT2D eigenvalue weighted by Crippen LogP contribution is -2.19. The number of amides is 1. The zero-order valence-corrected chi connectivity index (χ0v) is 9.16. The molecule has 1 aromatic rings. The number of carbonyl (C=O) groups is 1. The van der Waals surface area contributed by atoms with E-state index in [1.807, 2.05) is 12.1 Å². The molecule has 0 spiro atoms. The summed E-state index contributed by atoms with van der Waals surface area (Å²) in [4.78, 5) is 10.8. The van der Waals surface area contributed by atoms with Crippen LogP contribution in [-0.2, 0) is 11.3 Å². The van der Waals surface area contributed by atoms with Crippen LogP contribution in [0.1, 0.15) is 12.5 Å². The lowest BCUT2D eigenvalue weighted by atomic mass is 10.2. The standard InChI is InChI=1S/C11H15NO3/c1-8(13)12-7-9-4-5-10(14-2)6-11(9)15-3/h4-6H,7H2,1-3H3,(H,12,13). The maximum Gasteiger partial charge on any atom is 0.217 e. The predicted molar refractivity (Wildman–Crippen MR) is 57.1 cm³/mol. The molecular formula is C11H15NO3. The van der Waals surface area contributed by atoms with Gasteiger partial charge >= 0.3 is 0 Å². The van der Waals surface area contributed by atoms with Gasteiger partial charge in [0.1, 0.15) is 11.5 Å². The Morgan fingerprint density at radius 1 is 1.33 bits per heavy atom. The summed E-state index contributed by atoms with van der Waals surface area (Å²) in [6.45, 7) is 1.94. The van der Waals surface area contributed by atoms with Gasteiger partial charge in [0.25, 0.3) is 0 Å². The lowest BCUT2D eigenvalue weighted by Gasteiger charge is -2.10. The van der Waals surface area contributed by atoms with Gasteiger partial charge in [-0.25, -0.2) is 0 Å². The van der Waals surface area contributed by atoms with Crippen LogP contribution in [0.3, 0.4) is 0 Å². The molecule has 0 fully saturated rings. The molecule has 1 aromatic carbocycles. The average molecular weight is 209 g/mol. The van der Waals surface area contributed by atoms with Crippen molar-refractivity contribution in [2.24, 2.45) is 0 Å². The third-order valence-corrected chi connectivity index (χ3v) is 2.02. The van der Waals surface area contributed by atoms with Crippen LogP contribution in [0.5, 0.6) is 11.5 Å². The van der Waals surface area contributed by atoms with Crippen molar-refractivity contribution >= 4 is 5.91 Å². The molecule has 4 nitrogen and oxygen atoms in total. The number of benzene rings is 1. The van der Waals surface area contributed by atoms with Crippen LogP contribution in [0, 0.1) is 0 Å². The van der Waals surface area contributed by atoms with Gasteiger partial charge in [-0.1, -0.05) is 0 Å². The van der Waals surface area contributed by atoms with Gasteiger partial charge < -0.3 is 14.8 Å². The Bertz CT molecular complexity index is 350. The van der Waals surface area contributed by atoms with E-state index in [2.05, 4.69) is 5.32 Å². The van der Waals surface area contributed by atoms with Gasteiger partial charge in [0.2, 0.25) is 5.91 Å². The van der Waals surface area contributed by atoms with Crippen molar-refractivity contribution in [2.75, 3.05) is 14.2 Å². The van der Waals surface area contributed by atoms with Crippen molar-refractivity contribution in [1.29, 1.82) is 0 Å². The highest BCUT2D eigenvalue weighted by atomic mass is 16.5. The highest BCUT2D eigenvalue weighted by molar-refractivity contribution is 5.72. The minimum atomic E-state index is -0.0622. The third kappa shape index (κ3) is 3.16. The molecule has 0 aliphatic heterocycles. The summed E-state index contributed by atoms with van der Waals surface area (Å²) in [5.41, 5.74) is 0.925. The van der Waals surface area contributed by atoms with E-state index < -0.39 is 0 Å². The summed E-state index contributed by atoms with van der Waals surface area (Å²) in [7, 11) is 3.19. The molecule has 0 saturated carbocycles. The summed E-state index contributed by atoms with van der Waals surface area (Å²) >= 11 is 0. The van der Waals surface area contributed by atoms with E-state index in [4.69, 9.17) is 9.47 Å². The van der Waals surface area contributed by atoms with Crippen LogP contribution >= 0.6 is 0 Å². The van der Waals surface area contributed by atoms with E-state index >= 15 is 0 Å². The molecule has 0 aliphatic rings. The Morgan fingerprint density at radius 2 is 2.07 bits per heavy atom. The van der Waals surface area contributed by atoms with Gasteiger partial charge in [-0.15, -0.1) is 0 Å². The van der Waals surface area contributed by atoms with Gasteiger partial charge in [0.05, 0.1) is 14.2 Å². The third-order valence-electron chi connectivity index (χ3n) is 2.02. The fourth-order valence-corrected chi connectivity index (χ4v) is 1.22. The molecule has 1 amide bonds. The first-order valence-electron chi connectivity index (χ1n) is 4.62. The van der Waals surface area contributed by atoms with Crippen LogP contribution < -0.4 is 14.8 Å². The summed E-state index contributed by atoms with van der Waals surface area (Å²) in [5, 5.41) is 2.71. The summed E-state index contributed by atoms with van der Waals surface area (Å²) in [6.07, 6.45) is 0. The molecule has 0 saturated heterocycles. The van der Waals surface area contributed by atoms with Crippen molar-refractivity contribution in [3.63, 3.8) is 0 Å². The molecule has 0 aliphatic carbocycles. The second-order valence-corrected chi connectivity index (χ2v) is 3.09. The molecular weight excluding hydrogens is 194 g/mol. The van der Waals surface area contributed by atoms with Crippen LogP contribution in [0.15, 0.2) is 18.2 Å². The monoisotopic (exact) mass is 209 g/mol. The maximum absolute atomic E-state index is 10.8. The number of rotatable bonds is 4. The maximum atomic E-state index is 10.8. The molecule has 4 heteroatoms. The number of methoxy groups -OCH3 is 2. The Balaban J connectivity index is 2.82. The first-order valence-corrected chi connectivity index (χ1v) is 4.62. The smallest absolute Gasteiger partial charge is 0.217 e. The topological polar surface area (TPSA) is 47.6 Å². The van der Waals surface area contributed by atoms with Gasteiger partial charge in [0, 0.05) is 25.1 Å². The van der Waals surface area contributed by atoms with Crippen LogP contribution in [0.25, 0.3) is 0 Å². The predicted octanol–water partition coefficient (Wildman–Crippen LogP) is 1.34. The Labute approximate surface area is 89.2 Å².